The molecular formula is C12H13BrN2OS2. The highest BCUT2D eigenvalue weighted by Crippen LogP contribution is 2.32. The Kier molecular flexibility index (Phi) is 4.53. The molecule has 18 heavy (non-hydrogen) atoms. The van der Waals surface area contributed by atoms with Crippen LogP contribution in [-0.2, 0) is 11.2 Å². The summed E-state index contributed by atoms with van der Waals surface area (Å²) in [6, 6.07) is 2.05. The van der Waals surface area contributed by atoms with E-state index in [-0.39, 0.29) is 5.91 Å². The number of thiophene rings is 1. The predicted octanol–water partition coefficient (Wildman–Crippen LogP) is 3.65. The van der Waals surface area contributed by atoms with Crippen molar-refractivity contribution < 1.29 is 4.79 Å². The second-order valence-corrected chi connectivity index (χ2v) is 6.54. The molecule has 0 aliphatic rings. The van der Waals surface area contributed by atoms with Crippen LogP contribution >= 0.6 is 38.6 Å². The minimum atomic E-state index is 0.113. The molecule has 0 unspecified atom stereocenters. The van der Waals surface area contributed by atoms with Gasteiger partial charge in [0.15, 0.2) is 0 Å². The van der Waals surface area contributed by atoms with E-state index in [1.54, 1.807) is 27.6 Å². The normalized spacial score (nSPS) is 10.6. The van der Waals surface area contributed by atoms with Crippen LogP contribution in [0.1, 0.15) is 12.6 Å². The van der Waals surface area contributed by atoms with Gasteiger partial charge in [-0.3, -0.25) is 4.79 Å². The third-order valence-electron chi connectivity index (χ3n) is 2.56. The van der Waals surface area contributed by atoms with Crippen LogP contribution in [-0.4, -0.2) is 29.4 Å². The Bertz CT molecular complexity index is 550. The molecule has 0 bridgehead atoms. The summed E-state index contributed by atoms with van der Waals surface area (Å²) in [5.41, 5.74) is 0.852. The fourth-order valence-corrected chi connectivity index (χ4v) is 3.72. The smallest absolute Gasteiger partial charge is 0.228 e. The fraction of sp³-hybridized carbons (Fsp3) is 0.333. The Labute approximate surface area is 123 Å². The molecule has 0 radical (unpaired) electrons. The summed E-state index contributed by atoms with van der Waals surface area (Å²) in [5.74, 6) is 0.113. The van der Waals surface area contributed by atoms with Crippen molar-refractivity contribution in [1.29, 1.82) is 0 Å². The van der Waals surface area contributed by atoms with Gasteiger partial charge in [0.05, 0.1) is 17.0 Å². The highest BCUT2D eigenvalue weighted by Gasteiger charge is 2.12. The van der Waals surface area contributed by atoms with E-state index < -0.39 is 0 Å². The van der Waals surface area contributed by atoms with Crippen LogP contribution in [0.15, 0.2) is 21.3 Å². The molecule has 0 atom stereocenters. The van der Waals surface area contributed by atoms with Gasteiger partial charge in [-0.15, -0.1) is 22.7 Å². The lowest BCUT2D eigenvalue weighted by Crippen LogP contribution is -2.27. The lowest BCUT2D eigenvalue weighted by molar-refractivity contribution is -0.129. The van der Waals surface area contributed by atoms with E-state index in [4.69, 9.17) is 0 Å². The van der Waals surface area contributed by atoms with Gasteiger partial charge in [0.1, 0.15) is 5.01 Å². The van der Waals surface area contributed by atoms with E-state index in [1.807, 2.05) is 30.8 Å². The Morgan fingerprint density at radius 3 is 2.83 bits per heavy atom. The van der Waals surface area contributed by atoms with E-state index in [1.165, 1.54) is 0 Å². The number of hydrogen-bond acceptors (Lipinski definition) is 4. The number of carbonyl (C=O) groups is 1. The van der Waals surface area contributed by atoms with Gasteiger partial charge in [0.2, 0.25) is 5.91 Å². The minimum absolute atomic E-state index is 0.113. The number of likely N-dealkylation sites (N-methyl/N-ethyl adjacent to an activating group) is 1. The van der Waals surface area contributed by atoms with Crippen molar-refractivity contribution in [3.05, 3.63) is 27.0 Å². The van der Waals surface area contributed by atoms with Gasteiger partial charge < -0.3 is 4.90 Å². The van der Waals surface area contributed by atoms with Crippen molar-refractivity contribution >= 4 is 44.5 Å². The van der Waals surface area contributed by atoms with Crippen molar-refractivity contribution in [3.8, 4) is 9.88 Å². The molecule has 1 amide bonds. The average molecular weight is 345 g/mol. The van der Waals surface area contributed by atoms with Crippen molar-refractivity contribution in [1.82, 2.24) is 9.88 Å². The first-order valence-electron chi connectivity index (χ1n) is 5.53. The molecule has 6 heteroatoms. The van der Waals surface area contributed by atoms with Crippen LogP contribution in [0.25, 0.3) is 9.88 Å². The number of aromatic nitrogens is 1. The maximum atomic E-state index is 11.8. The number of thiazole rings is 1. The Balaban J connectivity index is 2.09. The average Bonchev–Trinajstić information content (AvgIpc) is 2.96. The van der Waals surface area contributed by atoms with Crippen LogP contribution < -0.4 is 0 Å². The highest BCUT2D eigenvalue weighted by molar-refractivity contribution is 9.10. The molecule has 2 rings (SSSR count). The first kappa shape index (κ1) is 13.7. The molecule has 2 aromatic heterocycles. The number of nitrogens with zero attached hydrogens (tertiary/aromatic N) is 2. The summed E-state index contributed by atoms with van der Waals surface area (Å²) in [7, 11) is 1.81. The number of rotatable bonds is 4. The van der Waals surface area contributed by atoms with Gasteiger partial charge in [-0.05, 0) is 28.9 Å². The quantitative estimate of drug-likeness (QED) is 0.847. The Morgan fingerprint density at radius 1 is 1.44 bits per heavy atom. The van der Waals surface area contributed by atoms with E-state index in [2.05, 4.69) is 20.9 Å². The lowest BCUT2D eigenvalue weighted by atomic mass is 10.3. The molecule has 0 spiro atoms. The molecule has 0 aliphatic carbocycles. The largest absolute Gasteiger partial charge is 0.346 e. The van der Waals surface area contributed by atoms with Gasteiger partial charge in [-0.25, -0.2) is 4.98 Å². The van der Waals surface area contributed by atoms with Crippen molar-refractivity contribution in [3.63, 3.8) is 0 Å². The van der Waals surface area contributed by atoms with Crippen molar-refractivity contribution in [2.24, 2.45) is 0 Å². The summed E-state index contributed by atoms with van der Waals surface area (Å²) in [6.45, 7) is 2.70. The van der Waals surface area contributed by atoms with E-state index >= 15 is 0 Å². The topological polar surface area (TPSA) is 33.2 Å². The van der Waals surface area contributed by atoms with Crippen molar-refractivity contribution in [2.45, 2.75) is 13.3 Å². The summed E-state index contributed by atoms with van der Waals surface area (Å²) < 4.78 is 1.07. The second kappa shape index (κ2) is 5.95. The summed E-state index contributed by atoms with van der Waals surface area (Å²) in [5, 5.41) is 4.98. The molecule has 2 aromatic rings. The maximum absolute atomic E-state index is 11.8. The standard InChI is InChI=1S/C12H13BrN2OS2/c1-3-15(2)11(16)5-9-7-18-12(14-9)10-4-8(13)6-17-10/h4,6-7H,3,5H2,1-2H3. The number of carbonyl (C=O) groups excluding carboxylic acids is 1. The second-order valence-electron chi connectivity index (χ2n) is 3.86. The van der Waals surface area contributed by atoms with Crippen LogP contribution in [0, 0.1) is 0 Å². The summed E-state index contributed by atoms with van der Waals surface area (Å²) in [6.07, 6.45) is 0.382. The number of amides is 1. The predicted molar refractivity (Wildman–Crippen MR) is 80.1 cm³/mol. The van der Waals surface area contributed by atoms with Crippen LogP contribution in [0.2, 0.25) is 0 Å². The zero-order valence-corrected chi connectivity index (χ0v) is 13.4. The molecule has 96 valence electrons. The molecule has 0 N–H and O–H groups in total. The van der Waals surface area contributed by atoms with Gasteiger partial charge in [0.25, 0.3) is 0 Å². The molecular weight excluding hydrogens is 332 g/mol. The van der Waals surface area contributed by atoms with Crippen LogP contribution in [0.4, 0.5) is 0 Å². The van der Waals surface area contributed by atoms with Crippen LogP contribution in [0.5, 0.6) is 0 Å². The summed E-state index contributed by atoms with van der Waals surface area (Å²) in [4.78, 5) is 19.1. The Hall–Kier alpha value is -0.720. The molecule has 3 nitrogen and oxygen atoms in total. The first-order chi connectivity index (χ1) is 8.60. The zero-order valence-electron chi connectivity index (χ0n) is 10.1. The Morgan fingerprint density at radius 2 is 2.22 bits per heavy atom. The maximum Gasteiger partial charge on any atom is 0.228 e. The van der Waals surface area contributed by atoms with Crippen molar-refractivity contribution in [2.75, 3.05) is 13.6 Å². The van der Waals surface area contributed by atoms with Crippen LogP contribution in [0.3, 0.4) is 0 Å². The number of hydrogen-bond donors (Lipinski definition) is 0. The molecule has 0 saturated heterocycles. The van der Waals surface area contributed by atoms with E-state index in [9.17, 15) is 4.79 Å². The molecule has 0 fully saturated rings. The summed E-state index contributed by atoms with van der Waals surface area (Å²) >= 11 is 6.67. The zero-order chi connectivity index (χ0) is 13.1. The third kappa shape index (κ3) is 3.18. The minimum Gasteiger partial charge on any atom is -0.346 e. The fourth-order valence-electron chi connectivity index (χ4n) is 1.39. The van der Waals surface area contributed by atoms with E-state index in [0.717, 1.165) is 26.6 Å². The third-order valence-corrected chi connectivity index (χ3v) is 5.31. The molecule has 0 aromatic carbocycles. The highest BCUT2D eigenvalue weighted by atomic mass is 79.9. The van der Waals surface area contributed by atoms with Gasteiger partial charge in [-0.2, -0.15) is 0 Å². The molecule has 0 saturated carbocycles. The molecule has 2 heterocycles. The SMILES string of the molecule is CCN(C)C(=O)Cc1csc(-c2cc(Br)cs2)n1. The van der Waals surface area contributed by atoms with Gasteiger partial charge >= 0.3 is 0 Å². The molecule has 0 aliphatic heterocycles. The number of halogens is 1. The van der Waals surface area contributed by atoms with E-state index in [0.29, 0.717) is 6.42 Å². The van der Waals surface area contributed by atoms with Gasteiger partial charge in [0, 0.05) is 28.8 Å². The monoisotopic (exact) mass is 344 g/mol. The first-order valence-corrected chi connectivity index (χ1v) is 8.08. The lowest BCUT2D eigenvalue weighted by Gasteiger charge is -2.12. The van der Waals surface area contributed by atoms with Gasteiger partial charge in [-0.1, -0.05) is 0 Å².